The molecule has 2 aromatic carbocycles. The van der Waals surface area contributed by atoms with Crippen LogP contribution in [0, 0.1) is 12.8 Å². The summed E-state index contributed by atoms with van der Waals surface area (Å²) in [7, 11) is 2.24. The predicted molar refractivity (Wildman–Crippen MR) is 188 cm³/mol. The number of benzene rings is 2. The van der Waals surface area contributed by atoms with E-state index in [1.807, 2.05) is 6.20 Å². The van der Waals surface area contributed by atoms with E-state index in [-0.39, 0.29) is 0 Å². The molecule has 2 saturated heterocycles. The highest BCUT2D eigenvalue weighted by molar-refractivity contribution is 8.02. The van der Waals surface area contributed by atoms with Gasteiger partial charge in [0.2, 0.25) is 5.95 Å². The second-order valence-corrected chi connectivity index (χ2v) is 14.7. The van der Waals surface area contributed by atoms with Crippen molar-refractivity contribution in [2.75, 3.05) is 71.7 Å². The maximum Gasteiger partial charge on any atom is 0.231 e. The summed E-state index contributed by atoms with van der Waals surface area (Å²) in [5.41, 5.74) is 9.92. The van der Waals surface area contributed by atoms with Gasteiger partial charge in [-0.3, -0.25) is 9.21 Å². The number of hydrogen-bond donors (Lipinski definition) is 2. The Morgan fingerprint density at radius 1 is 0.978 bits per heavy atom. The molecule has 10 heteroatoms. The zero-order chi connectivity index (χ0) is 30.7. The van der Waals surface area contributed by atoms with Crippen molar-refractivity contribution in [3.8, 4) is 0 Å². The highest BCUT2D eigenvalue weighted by Gasteiger charge is 2.36. The van der Waals surface area contributed by atoms with Crippen molar-refractivity contribution in [3.63, 3.8) is 0 Å². The number of anilines is 6. The lowest BCUT2D eigenvalue weighted by atomic mass is 9.96. The molecule has 0 spiro atoms. The molecule has 45 heavy (non-hydrogen) atoms. The number of rotatable bonds is 7. The third-order valence-electron chi connectivity index (χ3n) is 10.1. The monoisotopic (exact) mass is 623 g/mol. The molecule has 2 fully saturated rings. The number of H-pyrrole nitrogens is 1. The van der Waals surface area contributed by atoms with E-state index in [0.717, 1.165) is 55.0 Å². The van der Waals surface area contributed by atoms with Gasteiger partial charge in [0, 0.05) is 69.4 Å². The molecule has 8 rings (SSSR count). The lowest BCUT2D eigenvalue weighted by molar-refractivity contribution is 0.0982. The Morgan fingerprint density at radius 2 is 1.80 bits per heavy atom. The van der Waals surface area contributed by atoms with Gasteiger partial charge < -0.3 is 20.1 Å². The van der Waals surface area contributed by atoms with Crippen LogP contribution in [0.2, 0.25) is 0 Å². The van der Waals surface area contributed by atoms with Crippen molar-refractivity contribution in [1.82, 2.24) is 24.8 Å². The van der Waals surface area contributed by atoms with Gasteiger partial charge in [-0.2, -0.15) is 9.97 Å². The molecule has 0 radical (unpaired) electrons. The number of para-hydroxylation sites is 1. The van der Waals surface area contributed by atoms with Crippen molar-refractivity contribution < 1.29 is 0 Å². The van der Waals surface area contributed by atoms with E-state index in [4.69, 9.17) is 9.97 Å². The van der Waals surface area contributed by atoms with E-state index >= 15 is 0 Å². The summed E-state index contributed by atoms with van der Waals surface area (Å²) in [4.78, 5) is 21.3. The Kier molecular flexibility index (Phi) is 7.54. The Hall–Kier alpha value is -3.47. The van der Waals surface area contributed by atoms with Crippen LogP contribution in [-0.4, -0.2) is 83.7 Å². The first kappa shape index (κ1) is 29.0. The minimum absolute atomic E-state index is 0.537. The van der Waals surface area contributed by atoms with E-state index in [0.29, 0.717) is 17.9 Å². The maximum atomic E-state index is 5.18. The Labute approximate surface area is 271 Å². The molecule has 0 saturated carbocycles. The normalized spacial score (nSPS) is 19.4. The third kappa shape index (κ3) is 5.40. The van der Waals surface area contributed by atoms with Gasteiger partial charge in [0.15, 0.2) is 5.82 Å². The van der Waals surface area contributed by atoms with Crippen molar-refractivity contribution in [3.05, 3.63) is 59.3 Å². The second-order valence-electron chi connectivity index (χ2n) is 13.7. The van der Waals surface area contributed by atoms with E-state index < -0.39 is 0 Å². The molecular formula is C35H45N9S. The number of aryl methyl sites for hydroxylation is 1. The van der Waals surface area contributed by atoms with Crippen LogP contribution >= 0.6 is 12.1 Å². The fourth-order valence-corrected chi connectivity index (χ4v) is 8.78. The van der Waals surface area contributed by atoms with Gasteiger partial charge in [-0.1, -0.05) is 26.0 Å². The molecule has 4 aromatic rings. The van der Waals surface area contributed by atoms with E-state index in [9.17, 15) is 0 Å². The fraction of sp³-hybridized carbons (Fsp3) is 0.486. The predicted octanol–water partition coefficient (Wildman–Crippen LogP) is 6.50. The van der Waals surface area contributed by atoms with Crippen LogP contribution in [-0.2, 0) is 12.8 Å². The molecule has 9 nitrogen and oxygen atoms in total. The minimum Gasteiger partial charge on any atom is -0.371 e. The van der Waals surface area contributed by atoms with Gasteiger partial charge in [-0.25, -0.2) is 4.31 Å². The molecule has 6 heterocycles. The van der Waals surface area contributed by atoms with Crippen molar-refractivity contribution >= 4 is 57.7 Å². The third-order valence-corrected chi connectivity index (χ3v) is 11.2. The summed E-state index contributed by atoms with van der Waals surface area (Å²) in [6.07, 6.45) is 6.54. The maximum absolute atomic E-state index is 5.18. The molecule has 4 aliphatic heterocycles. The molecule has 0 amide bonds. The van der Waals surface area contributed by atoms with Gasteiger partial charge in [0.25, 0.3) is 0 Å². The summed E-state index contributed by atoms with van der Waals surface area (Å²) in [6.45, 7) is 14.9. The summed E-state index contributed by atoms with van der Waals surface area (Å²) in [5.74, 6) is 2.08. The largest absolute Gasteiger partial charge is 0.371 e. The first-order valence-corrected chi connectivity index (χ1v) is 17.4. The molecule has 2 aromatic heterocycles. The molecule has 236 valence electrons. The van der Waals surface area contributed by atoms with Gasteiger partial charge in [0.1, 0.15) is 5.65 Å². The number of piperidine rings is 1. The van der Waals surface area contributed by atoms with Crippen molar-refractivity contribution in [1.29, 1.82) is 0 Å². The van der Waals surface area contributed by atoms with Crippen LogP contribution in [0.5, 0.6) is 0 Å². The standard InChI is InChI=1S/C35H45N9S/c1-23(2)20-26-22-31(42-13-10-27(11-14-42)41-18-16-40(4)17-19-41)24(3)21-29(26)37-35-38-33-28(8-12-36-33)34(39-35)44-30-7-5-6-25-9-15-43(45-44)32(25)30/h5-8,12,21-23,27H,9-11,13-20H2,1-4H3,(H2,36,37,38,39). The average molecular weight is 624 g/mol. The van der Waals surface area contributed by atoms with Gasteiger partial charge in [0.05, 0.1) is 28.9 Å². The van der Waals surface area contributed by atoms with Crippen LogP contribution in [0.25, 0.3) is 11.0 Å². The second kappa shape index (κ2) is 11.7. The van der Waals surface area contributed by atoms with E-state index in [1.54, 1.807) is 12.1 Å². The van der Waals surface area contributed by atoms with Crippen LogP contribution in [0.1, 0.15) is 43.4 Å². The number of nitrogens with zero attached hydrogens (tertiary/aromatic N) is 7. The van der Waals surface area contributed by atoms with Gasteiger partial charge in [-0.05, 0) is 86.5 Å². The summed E-state index contributed by atoms with van der Waals surface area (Å²) in [5, 5.41) is 4.72. The molecule has 0 unspecified atom stereocenters. The zero-order valence-corrected chi connectivity index (χ0v) is 27.8. The SMILES string of the molecule is Cc1cc(Nc2nc(N3SN4CCc5cccc3c54)c3cc[nH]c3n2)c(CC(C)C)cc1N1CCC(N2CCN(C)CC2)CC1. The highest BCUT2D eigenvalue weighted by Crippen LogP contribution is 2.53. The van der Waals surface area contributed by atoms with Crippen LogP contribution in [0.4, 0.5) is 34.5 Å². The molecule has 0 aliphatic carbocycles. The fourth-order valence-electron chi connectivity index (χ4n) is 7.66. The van der Waals surface area contributed by atoms with E-state index in [2.05, 4.69) is 97.8 Å². The van der Waals surface area contributed by atoms with Crippen molar-refractivity contribution in [2.45, 2.75) is 52.5 Å². The van der Waals surface area contributed by atoms with Crippen LogP contribution in [0.3, 0.4) is 0 Å². The first-order chi connectivity index (χ1) is 21.9. The number of piperazine rings is 1. The number of fused-ring (bicyclic) bond motifs is 1. The molecule has 0 atom stereocenters. The molecular weight excluding hydrogens is 579 g/mol. The molecule has 4 aliphatic rings. The summed E-state index contributed by atoms with van der Waals surface area (Å²) in [6, 6.07) is 14.2. The Morgan fingerprint density at radius 3 is 2.60 bits per heavy atom. The Balaban J connectivity index is 1.07. The van der Waals surface area contributed by atoms with Gasteiger partial charge >= 0.3 is 0 Å². The number of aromatic amines is 1. The van der Waals surface area contributed by atoms with Crippen molar-refractivity contribution in [2.24, 2.45) is 5.92 Å². The Bertz CT molecular complexity index is 1700. The molecule has 2 N–H and O–H groups in total. The topological polar surface area (TPSA) is 69.8 Å². The lowest BCUT2D eigenvalue weighted by Gasteiger charge is -2.43. The minimum atomic E-state index is 0.537. The number of nitrogens with one attached hydrogen (secondary N) is 2. The van der Waals surface area contributed by atoms with E-state index in [1.165, 1.54) is 72.8 Å². The quantitative estimate of drug-likeness (QED) is 0.225. The smallest absolute Gasteiger partial charge is 0.231 e. The number of aromatic nitrogens is 3. The summed E-state index contributed by atoms with van der Waals surface area (Å²) < 4.78 is 4.67. The van der Waals surface area contributed by atoms with Crippen LogP contribution in [0.15, 0.2) is 42.6 Å². The first-order valence-electron chi connectivity index (χ1n) is 16.7. The highest BCUT2D eigenvalue weighted by atomic mass is 32.2. The zero-order valence-electron chi connectivity index (χ0n) is 27.0. The molecule has 0 bridgehead atoms. The summed E-state index contributed by atoms with van der Waals surface area (Å²) >= 11 is 1.74. The lowest BCUT2D eigenvalue weighted by Crippen LogP contribution is -2.52. The number of hydrogen-bond acceptors (Lipinski definition) is 9. The van der Waals surface area contributed by atoms with Crippen LogP contribution < -0.4 is 18.8 Å². The number of likely N-dealkylation sites (N-methyl/N-ethyl adjacent to an activating group) is 1. The van der Waals surface area contributed by atoms with Gasteiger partial charge in [-0.15, -0.1) is 0 Å². The average Bonchev–Trinajstić information content (AvgIpc) is 3.78.